The second kappa shape index (κ2) is 9.97. The van der Waals surface area contributed by atoms with Crippen molar-refractivity contribution in [3.63, 3.8) is 0 Å². The predicted molar refractivity (Wildman–Crippen MR) is 136 cm³/mol. The number of fused-ring (bicyclic) bond motifs is 1. The lowest BCUT2D eigenvalue weighted by Crippen LogP contribution is -2.47. The fourth-order valence-corrected chi connectivity index (χ4v) is 5.05. The molecule has 0 unspecified atom stereocenters. The van der Waals surface area contributed by atoms with E-state index in [0.717, 1.165) is 26.9 Å². The lowest BCUT2D eigenvalue weighted by Gasteiger charge is -2.28. The van der Waals surface area contributed by atoms with Crippen LogP contribution in [0.2, 0.25) is 0 Å². The summed E-state index contributed by atoms with van der Waals surface area (Å²) in [6, 6.07) is 28.8. The third-order valence-corrected chi connectivity index (χ3v) is 6.73. The van der Waals surface area contributed by atoms with E-state index < -0.39 is 16.1 Å². The molecule has 0 spiro atoms. The van der Waals surface area contributed by atoms with E-state index in [4.69, 9.17) is 4.74 Å². The fraction of sp³-hybridized carbons (Fsp3) is 0.148. The van der Waals surface area contributed by atoms with Gasteiger partial charge in [0.1, 0.15) is 17.5 Å². The van der Waals surface area contributed by atoms with Crippen molar-refractivity contribution in [2.75, 3.05) is 10.6 Å². The van der Waals surface area contributed by atoms with Crippen molar-refractivity contribution in [2.24, 2.45) is 0 Å². The Morgan fingerprint density at radius 2 is 1.47 bits per heavy atom. The molecular formula is C27H26N2O4S. The molecule has 0 saturated heterocycles. The SMILES string of the molecule is C[C@@H](C(=O)NCc1cccc2ccccc12)N(c1ccc(Oc2ccccc2)cc1)S(C)(=O)=O. The molecule has 0 bridgehead atoms. The highest BCUT2D eigenvalue weighted by atomic mass is 32.2. The van der Waals surface area contributed by atoms with Gasteiger partial charge in [-0.2, -0.15) is 0 Å². The lowest BCUT2D eigenvalue weighted by molar-refractivity contribution is -0.122. The number of nitrogens with zero attached hydrogens (tertiary/aromatic N) is 1. The maximum Gasteiger partial charge on any atom is 0.243 e. The summed E-state index contributed by atoms with van der Waals surface area (Å²) in [6.45, 7) is 1.87. The van der Waals surface area contributed by atoms with Crippen molar-refractivity contribution >= 4 is 32.4 Å². The minimum atomic E-state index is -3.72. The standard InChI is InChI=1S/C27H26N2O4S/c1-20(27(30)28-19-22-11-8-10-21-9-6-7-14-26(21)22)29(34(2,31)32)23-15-17-25(18-16-23)33-24-12-4-3-5-13-24/h3-18,20H,19H2,1-2H3,(H,28,30)/t20-/m0/s1. The molecule has 0 fully saturated rings. The van der Waals surface area contributed by atoms with Gasteiger partial charge in [0.2, 0.25) is 15.9 Å². The molecule has 4 rings (SSSR count). The number of hydrogen-bond donors (Lipinski definition) is 1. The molecule has 0 radical (unpaired) electrons. The van der Waals surface area contributed by atoms with E-state index in [0.29, 0.717) is 23.7 Å². The van der Waals surface area contributed by atoms with E-state index in [1.165, 1.54) is 0 Å². The van der Waals surface area contributed by atoms with Crippen LogP contribution in [0.3, 0.4) is 0 Å². The molecule has 0 aliphatic heterocycles. The molecule has 4 aromatic carbocycles. The summed E-state index contributed by atoms with van der Waals surface area (Å²) >= 11 is 0. The Hall–Kier alpha value is -3.84. The molecule has 0 saturated carbocycles. The molecule has 1 amide bonds. The minimum Gasteiger partial charge on any atom is -0.457 e. The third-order valence-electron chi connectivity index (χ3n) is 5.49. The highest BCUT2D eigenvalue weighted by Crippen LogP contribution is 2.27. The van der Waals surface area contributed by atoms with Crippen LogP contribution < -0.4 is 14.4 Å². The number of anilines is 1. The molecule has 0 aliphatic rings. The van der Waals surface area contributed by atoms with Crippen molar-refractivity contribution < 1.29 is 17.9 Å². The van der Waals surface area contributed by atoms with E-state index in [1.807, 2.05) is 72.8 Å². The summed E-state index contributed by atoms with van der Waals surface area (Å²) < 4.78 is 32.1. The molecule has 4 aromatic rings. The zero-order valence-electron chi connectivity index (χ0n) is 19.0. The lowest BCUT2D eigenvalue weighted by atomic mass is 10.0. The summed E-state index contributed by atoms with van der Waals surface area (Å²) in [4.78, 5) is 13.0. The highest BCUT2D eigenvalue weighted by molar-refractivity contribution is 7.92. The number of para-hydroxylation sites is 1. The van der Waals surface area contributed by atoms with Gasteiger partial charge in [0, 0.05) is 6.54 Å². The van der Waals surface area contributed by atoms with Crippen LogP contribution in [-0.2, 0) is 21.4 Å². The molecule has 6 nitrogen and oxygen atoms in total. The zero-order chi connectivity index (χ0) is 24.1. The van der Waals surface area contributed by atoms with E-state index in [-0.39, 0.29) is 5.91 Å². The molecule has 0 aliphatic carbocycles. The van der Waals surface area contributed by atoms with Gasteiger partial charge < -0.3 is 10.1 Å². The molecule has 1 N–H and O–H groups in total. The average Bonchev–Trinajstić information content (AvgIpc) is 2.83. The minimum absolute atomic E-state index is 0.298. The summed E-state index contributed by atoms with van der Waals surface area (Å²) in [5, 5.41) is 5.02. The van der Waals surface area contributed by atoms with Crippen LogP contribution >= 0.6 is 0 Å². The maximum atomic E-state index is 13.0. The van der Waals surface area contributed by atoms with Gasteiger partial charge >= 0.3 is 0 Å². The van der Waals surface area contributed by atoms with Gasteiger partial charge in [0.05, 0.1) is 11.9 Å². The number of nitrogens with one attached hydrogen (secondary N) is 1. The van der Waals surface area contributed by atoms with Crippen molar-refractivity contribution in [3.8, 4) is 11.5 Å². The first-order chi connectivity index (χ1) is 16.3. The summed E-state index contributed by atoms with van der Waals surface area (Å²) in [7, 11) is -3.72. The number of benzene rings is 4. The molecule has 174 valence electrons. The number of sulfonamides is 1. The number of carbonyl (C=O) groups excluding carboxylic acids is 1. The van der Waals surface area contributed by atoms with Crippen LogP contribution in [0.15, 0.2) is 97.1 Å². The molecule has 1 atom stereocenters. The first-order valence-electron chi connectivity index (χ1n) is 10.9. The quantitative estimate of drug-likeness (QED) is 0.385. The Morgan fingerprint density at radius 3 is 2.18 bits per heavy atom. The van der Waals surface area contributed by atoms with E-state index >= 15 is 0 Å². The fourth-order valence-electron chi connectivity index (χ4n) is 3.87. The van der Waals surface area contributed by atoms with Gasteiger partial charge in [0.15, 0.2) is 0 Å². The largest absolute Gasteiger partial charge is 0.457 e. The summed E-state index contributed by atoms with van der Waals surface area (Å²) in [6.07, 6.45) is 1.09. The highest BCUT2D eigenvalue weighted by Gasteiger charge is 2.29. The number of hydrogen-bond acceptors (Lipinski definition) is 4. The van der Waals surface area contributed by atoms with Gasteiger partial charge in [-0.25, -0.2) is 8.42 Å². The van der Waals surface area contributed by atoms with Crippen LogP contribution in [0, 0.1) is 0 Å². The van der Waals surface area contributed by atoms with Crippen molar-refractivity contribution in [3.05, 3.63) is 103 Å². The monoisotopic (exact) mass is 474 g/mol. The van der Waals surface area contributed by atoms with Crippen LogP contribution in [0.4, 0.5) is 5.69 Å². The Balaban J connectivity index is 1.50. The van der Waals surface area contributed by atoms with Crippen molar-refractivity contribution in [1.82, 2.24) is 5.32 Å². The number of amides is 1. The number of carbonyl (C=O) groups is 1. The predicted octanol–water partition coefficient (Wildman–Crippen LogP) is 5.10. The topological polar surface area (TPSA) is 75.7 Å². The van der Waals surface area contributed by atoms with E-state index in [1.54, 1.807) is 31.2 Å². The molecular weight excluding hydrogens is 448 g/mol. The van der Waals surface area contributed by atoms with Crippen LogP contribution in [0.25, 0.3) is 10.8 Å². The van der Waals surface area contributed by atoms with Gasteiger partial charge in [-0.15, -0.1) is 0 Å². The van der Waals surface area contributed by atoms with Gasteiger partial charge in [0.25, 0.3) is 0 Å². The third kappa shape index (κ3) is 5.38. The van der Waals surface area contributed by atoms with Crippen molar-refractivity contribution in [2.45, 2.75) is 19.5 Å². The second-order valence-corrected chi connectivity index (χ2v) is 9.86. The van der Waals surface area contributed by atoms with Crippen LogP contribution in [0.1, 0.15) is 12.5 Å². The number of rotatable bonds is 8. The Labute approximate surface area is 199 Å². The zero-order valence-corrected chi connectivity index (χ0v) is 19.8. The molecule has 34 heavy (non-hydrogen) atoms. The van der Waals surface area contributed by atoms with Crippen LogP contribution in [0.5, 0.6) is 11.5 Å². The van der Waals surface area contributed by atoms with Gasteiger partial charge in [-0.3, -0.25) is 9.10 Å². The molecule has 7 heteroatoms. The van der Waals surface area contributed by atoms with Gasteiger partial charge in [-0.1, -0.05) is 60.7 Å². The maximum absolute atomic E-state index is 13.0. The van der Waals surface area contributed by atoms with Gasteiger partial charge in [-0.05, 0) is 59.7 Å². The van der Waals surface area contributed by atoms with Crippen LogP contribution in [-0.4, -0.2) is 26.6 Å². The summed E-state index contributed by atoms with van der Waals surface area (Å²) in [5.74, 6) is 0.857. The van der Waals surface area contributed by atoms with Crippen molar-refractivity contribution in [1.29, 1.82) is 0 Å². The first-order valence-corrected chi connectivity index (χ1v) is 12.7. The second-order valence-electron chi connectivity index (χ2n) is 8.00. The molecule has 0 aromatic heterocycles. The normalized spacial score (nSPS) is 12.2. The number of ether oxygens (including phenoxy) is 1. The van der Waals surface area contributed by atoms with E-state index in [2.05, 4.69) is 5.32 Å². The average molecular weight is 475 g/mol. The van der Waals surface area contributed by atoms with E-state index in [9.17, 15) is 13.2 Å². The smallest absolute Gasteiger partial charge is 0.243 e. The Kier molecular flexibility index (Phi) is 6.84. The summed E-state index contributed by atoms with van der Waals surface area (Å²) in [5.41, 5.74) is 1.35. The molecule has 0 heterocycles. The first kappa shape index (κ1) is 23.3. The Bertz CT molecular complexity index is 1380. The Morgan fingerprint density at radius 1 is 0.853 bits per heavy atom.